The molecule has 6 heteroatoms. The zero-order valence-corrected chi connectivity index (χ0v) is 52.8. The molecule has 0 saturated carbocycles. The topological polar surface area (TPSA) is 78.9 Å². The number of ether oxygens (including phenoxy) is 3. The highest BCUT2D eigenvalue weighted by molar-refractivity contribution is 5.71. The first-order valence-electron chi connectivity index (χ1n) is 34.2. The molecular formula is C74H128O6. The van der Waals surface area contributed by atoms with Crippen LogP contribution in [0.25, 0.3) is 0 Å². The molecule has 0 amide bonds. The van der Waals surface area contributed by atoms with Gasteiger partial charge in [-0.15, -0.1) is 0 Å². The first kappa shape index (κ1) is 76.3. The van der Waals surface area contributed by atoms with Crippen molar-refractivity contribution in [2.24, 2.45) is 0 Å². The Morgan fingerprint density at radius 1 is 0.263 bits per heavy atom. The van der Waals surface area contributed by atoms with Gasteiger partial charge < -0.3 is 14.2 Å². The van der Waals surface area contributed by atoms with Crippen LogP contribution < -0.4 is 0 Å². The van der Waals surface area contributed by atoms with Crippen molar-refractivity contribution in [2.75, 3.05) is 13.2 Å². The summed E-state index contributed by atoms with van der Waals surface area (Å²) in [6.07, 6.45) is 91.5. The molecule has 1 unspecified atom stereocenters. The molecule has 0 N–H and O–H groups in total. The van der Waals surface area contributed by atoms with Crippen molar-refractivity contribution in [1.29, 1.82) is 0 Å². The largest absolute Gasteiger partial charge is 0.462 e. The lowest BCUT2D eigenvalue weighted by Crippen LogP contribution is -2.30. The molecule has 0 radical (unpaired) electrons. The van der Waals surface area contributed by atoms with Crippen LogP contribution >= 0.6 is 0 Å². The summed E-state index contributed by atoms with van der Waals surface area (Å²) in [5.41, 5.74) is 0. The smallest absolute Gasteiger partial charge is 0.306 e. The van der Waals surface area contributed by atoms with Crippen LogP contribution in [0.5, 0.6) is 0 Å². The van der Waals surface area contributed by atoms with Gasteiger partial charge in [-0.25, -0.2) is 0 Å². The molecule has 0 rings (SSSR count). The normalized spacial score (nSPS) is 12.7. The van der Waals surface area contributed by atoms with E-state index in [0.717, 1.165) is 109 Å². The van der Waals surface area contributed by atoms with E-state index in [4.69, 9.17) is 14.2 Å². The summed E-state index contributed by atoms with van der Waals surface area (Å²) < 4.78 is 16.9. The SMILES string of the molecule is CC/C=C\C/C=C\C/C=C\C/C=C\CCCCC(=O)OCC(COC(=O)CCCCCCCCCCCCCCCCCC/C=C\C/C=C\C/C=C\CCCCCCC)OC(=O)CCCCCCC/C=C\CCCCCCCCC. The third-order valence-corrected chi connectivity index (χ3v) is 14.8. The van der Waals surface area contributed by atoms with E-state index in [1.165, 1.54) is 186 Å². The molecule has 0 aliphatic carbocycles. The number of carbonyl (C=O) groups is 3. The minimum Gasteiger partial charge on any atom is -0.462 e. The number of carbonyl (C=O) groups excluding carboxylic acids is 3. The number of hydrogen-bond acceptors (Lipinski definition) is 6. The highest BCUT2D eigenvalue weighted by atomic mass is 16.6. The Hall–Kier alpha value is -3.67. The molecule has 0 bridgehead atoms. The maximum absolute atomic E-state index is 12.9. The van der Waals surface area contributed by atoms with E-state index < -0.39 is 6.10 Å². The predicted molar refractivity (Wildman–Crippen MR) is 348 cm³/mol. The van der Waals surface area contributed by atoms with Crippen molar-refractivity contribution < 1.29 is 28.6 Å². The van der Waals surface area contributed by atoms with Crippen molar-refractivity contribution in [3.8, 4) is 0 Å². The predicted octanol–water partition coefficient (Wildman–Crippen LogP) is 23.6. The van der Waals surface area contributed by atoms with Crippen LogP contribution in [0.2, 0.25) is 0 Å². The molecular weight excluding hydrogens is 985 g/mol. The Labute approximate surface area is 496 Å². The highest BCUT2D eigenvalue weighted by Gasteiger charge is 2.19. The lowest BCUT2D eigenvalue weighted by atomic mass is 10.0. The second kappa shape index (κ2) is 67.8. The number of unbranched alkanes of at least 4 members (excludes halogenated alkanes) is 35. The third-order valence-electron chi connectivity index (χ3n) is 14.8. The molecule has 0 spiro atoms. The van der Waals surface area contributed by atoms with Gasteiger partial charge in [0.15, 0.2) is 6.10 Å². The summed E-state index contributed by atoms with van der Waals surface area (Å²) in [6, 6.07) is 0. The first-order valence-corrected chi connectivity index (χ1v) is 34.2. The maximum atomic E-state index is 12.9. The van der Waals surface area contributed by atoms with Crippen LogP contribution in [0.15, 0.2) is 97.2 Å². The van der Waals surface area contributed by atoms with Gasteiger partial charge in [0.2, 0.25) is 0 Å². The van der Waals surface area contributed by atoms with Crippen molar-refractivity contribution in [3.63, 3.8) is 0 Å². The zero-order valence-electron chi connectivity index (χ0n) is 52.8. The second-order valence-electron chi connectivity index (χ2n) is 22.7. The lowest BCUT2D eigenvalue weighted by Gasteiger charge is -2.18. The van der Waals surface area contributed by atoms with Crippen LogP contribution in [-0.2, 0) is 28.6 Å². The second-order valence-corrected chi connectivity index (χ2v) is 22.7. The van der Waals surface area contributed by atoms with Crippen LogP contribution in [-0.4, -0.2) is 37.2 Å². The third kappa shape index (κ3) is 65.1. The number of esters is 3. The molecule has 460 valence electrons. The van der Waals surface area contributed by atoms with Gasteiger partial charge in [-0.05, 0) is 122 Å². The van der Waals surface area contributed by atoms with Crippen LogP contribution in [0.3, 0.4) is 0 Å². The standard InChI is InChI=1S/C74H128O6/c1-4-7-10-13-16-19-22-25-28-30-31-32-33-34-35-36-37-38-39-40-41-42-43-44-47-49-52-55-58-61-64-67-73(76)79-70-71(69-78-72(75)66-63-60-57-54-51-48-45-27-24-21-18-15-12-9-6-3)80-74(77)68-65-62-59-56-53-50-46-29-26-23-20-17-14-11-8-5-2/h9,12,18,21-22,25,27,29-31,33-34,45-46,51,54,71H,4-8,10-11,13-17,19-20,23-24,26,28,32,35-44,47-50,52-53,55-70H2,1-3H3/b12-9-,21-18-,25-22-,31-30-,34-33-,45-27-,46-29-,54-51-. The van der Waals surface area contributed by atoms with Gasteiger partial charge in [0, 0.05) is 19.3 Å². The Morgan fingerprint density at radius 2 is 0.487 bits per heavy atom. The van der Waals surface area contributed by atoms with Gasteiger partial charge in [-0.1, -0.05) is 291 Å². The van der Waals surface area contributed by atoms with Crippen molar-refractivity contribution in [3.05, 3.63) is 97.2 Å². The minimum absolute atomic E-state index is 0.0923. The molecule has 0 aliphatic heterocycles. The maximum Gasteiger partial charge on any atom is 0.306 e. The average Bonchev–Trinajstić information content (AvgIpc) is 3.46. The Morgan fingerprint density at radius 3 is 0.800 bits per heavy atom. The van der Waals surface area contributed by atoms with Crippen molar-refractivity contribution >= 4 is 17.9 Å². The molecule has 0 aromatic heterocycles. The van der Waals surface area contributed by atoms with Crippen molar-refractivity contribution in [1.82, 2.24) is 0 Å². The van der Waals surface area contributed by atoms with E-state index in [1.54, 1.807) is 0 Å². The number of allylic oxidation sites excluding steroid dienone is 16. The monoisotopic (exact) mass is 1110 g/mol. The molecule has 0 heterocycles. The van der Waals surface area contributed by atoms with Crippen molar-refractivity contribution in [2.45, 2.75) is 341 Å². The minimum atomic E-state index is -0.800. The van der Waals surface area contributed by atoms with Gasteiger partial charge in [0.1, 0.15) is 13.2 Å². The number of hydrogen-bond donors (Lipinski definition) is 0. The van der Waals surface area contributed by atoms with Gasteiger partial charge in [-0.2, -0.15) is 0 Å². The van der Waals surface area contributed by atoms with E-state index in [2.05, 4.69) is 118 Å². The van der Waals surface area contributed by atoms with E-state index in [1.807, 2.05) is 0 Å². The molecule has 0 aromatic carbocycles. The summed E-state index contributed by atoms with van der Waals surface area (Å²) in [5, 5.41) is 0. The first-order chi connectivity index (χ1) is 39.5. The van der Waals surface area contributed by atoms with Crippen LogP contribution in [0, 0.1) is 0 Å². The van der Waals surface area contributed by atoms with Gasteiger partial charge >= 0.3 is 17.9 Å². The summed E-state index contributed by atoms with van der Waals surface area (Å²) in [5.74, 6) is -0.932. The van der Waals surface area contributed by atoms with Gasteiger partial charge in [0.05, 0.1) is 0 Å². The van der Waals surface area contributed by atoms with E-state index in [-0.39, 0.29) is 31.1 Å². The fraction of sp³-hybridized carbons (Fsp3) is 0.743. The quantitative estimate of drug-likeness (QED) is 0.0261. The molecule has 6 nitrogen and oxygen atoms in total. The molecule has 1 atom stereocenters. The molecule has 0 aliphatic rings. The lowest BCUT2D eigenvalue weighted by molar-refractivity contribution is -0.167. The molecule has 0 aromatic rings. The molecule has 0 fully saturated rings. The Balaban J connectivity index is 4.25. The average molecular weight is 1110 g/mol. The van der Waals surface area contributed by atoms with Crippen LogP contribution in [0.1, 0.15) is 335 Å². The van der Waals surface area contributed by atoms with Gasteiger partial charge in [-0.3, -0.25) is 14.4 Å². The van der Waals surface area contributed by atoms with E-state index in [0.29, 0.717) is 19.3 Å². The fourth-order valence-corrected chi connectivity index (χ4v) is 9.67. The summed E-state index contributed by atoms with van der Waals surface area (Å²) in [4.78, 5) is 38.3. The highest BCUT2D eigenvalue weighted by Crippen LogP contribution is 2.17. The number of rotatable bonds is 62. The van der Waals surface area contributed by atoms with Crippen LogP contribution in [0.4, 0.5) is 0 Å². The Kier molecular flexibility index (Phi) is 64.7. The molecule has 0 saturated heterocycles. The fourth-order valence-electron chi connectivity index (χ4n) is 9.67. The van der Waals surface area contributed by atoms with Gasteiger partial charge in [0.25, 0.3) is 0 Å². The Bertz CT molecular complexity index is 1560. The molecule has 80 heavy (non-hydrogen) atoms. The summed E-state index contributed by atoms with van der Waals surface area (Å²) in [7, 11) is 0. The van der Waals surface area contributed by atoms with E-state index >= 15 is 0 Å². The van der Waals surface area contributed by atoms with E-state index in [9.17, 15) is 14.4 Å². The zero-order chi connectivity index (χ0) is 57.8. The summed E-state index contributed by atoms with van der Waals surface area (Å²) in [6.45, 7) is 6.50. The summed E-state index contributed by atoms with van der Waals surface area (Å²) >= 11 is 0.